The van der Waals surface area contributed by atoms with E-state index in [1.165, 1.54) is 10.8 Å². The second-order valence-electron chi connectivity index (χ2n) is 3.81. The molecule has 0 atom stereocenters. The molecule has 2 heteroatoms. The summed E-state index contributed by atoms with van der Waals surface area (Å²) in [5, 5.41) is 5.32. The maximum absolute atomic E-state index is 11.1. The smallest absolute Gasteiger partial charge is 0.219 e. The normalized spacial score (nSPS) is 10.3. The van der Waals surface area contributed by atoms with Gasteiger partial charge in [-0.1, -0.05) is 43.3 Å². The molecule has 2 nitrogen and oxygen atoms in total. The molecule has 0 aliphatic heterocycles. The van der Waals surface area contributed by atoms with E-state index in [9.17, 15) is 4.79 Å². The van der Waals surface area contributed by atoms with Crippen molar-refractivity contribution in [2.45, 2.75) is 19.9 Å². The predicted octanol–water partition coefficient (Wildman–Crippen LogP) is 2.87. The number of amides is 1. The van der Waals surface area contributed by atoms with Crippen molar-refractivity contribution in [1.29, 1.82) is 0 Å². The van der Waals surface area contributed by atoms with Crippen molar-refractivity contribution in [3.05, 3.63) is 48.0 Å². The number of nitrogens with one attached hydrogen (secondary N) is 1. The van der Waals surface area contributed by atoms with Gasteiger partial charge in [0.25, 0.3) is 0 Å². The van der Waals surface area contributed by atoms with E-state index in [2.05, 4.69) is 35.6 Å². The summed E-state index contributed by atoms with van der Waals surface area (Å²) in [5.74, 6) is 0.0909. The topological polar surface area (TPSA) is 29.1 Å². The lowest BCUT2D eigenvalue weighted by molar-refractivity contribution is -0.120. The van der Waals surface area contributed by atoms with Gasteiger partial charge in [0.1, 0.15) is 0 Å². The highest BCUT2D eigenvalue weighted by molar-refractivity contribution is 5.83. The van der Waals surface area contributed by atoms with Gasteiger partial charge < -0.3 is 5.32 Å². The van der Waals surface area contributed by atoms with Gasteiger partial charge in [-0.15, -0.1) is 0 Å². The first kappa shape index (κ1) is 10.7. The van der Waals surface area contributed by atoms with Gasteiger partial charge in [-0.25, -0.2) is 0 Å². The molecule has 0 aromatic heterocycles. The maximum atomic E-state index is 11.1. The van der Waals surface area contributed by atoms with Crippen molar-refractivity contribution in [3.8, 4) is 0 Å². The van der Waals surface area contributed by atoms with Crippen LogP contribution in [0.5, 0.6) is 0 Å². The first-order chi connectivity index (χ1) is 7.79. The van der Waals surface area contributed by atoms with Crippen LogP contribution in [-0.4, -0.2) is 5.91 Å². The van der Waals surface area contributed by atoms with Crippen LogP contribution in [0, 0.1) is 0 Å². The molecule has 0 unspecified atom stereocenters. The number of carbonyl (C=O) groups is 1. The number of fused-ring (bicyclic) bond motifs is 1. The fourth-order valence-electron chi connectivity index (χ4n) is 1.67. The van der Waals surface area contributed by atoms with E-state index in [0.717, 1.165) is 5.56 Å². The van der Waals surface area contributed by atoms with E-state index in [1.807, 2.05) is 19.1 Å². The van der Waals surface area contributed by atoms with Crippen molar-refractivity contribution in [3.63, 3.8) is 0 Å². The first-order valence-electron chi connectivity index (χ1n) is 5.54. The maximum Gasteiger partial charge on any atom is 0.219 e. The quantitative estimate of drug-likeness (QED) is 0.834. The van der Waals surface area contributed by atoms with Crippen LogP contribution in [0.25, 0.3) is 10.8 Å². The van der Waals surface area contributed by atoms with Crippen LogP contribution in [-0.2, 0) is 11.3 Å². The number of rotatable bonds is 3. The third-order valence-corrected chi connectivity index (χ3v) is 2.62. The number of hydrogen-bond donors (Lipinski definition) is 1. The fraction of sp³-hybridized carbons (Fsp3) is 0.214. The molecule has 1 amide bonds. The summed E-state index contributed by atoms with van der Waals surface area (Å²) >= 11 is 0. The van der Waals surface area contributed by atoms with E-state index in [0.29, 0.717) is 13.0 Å². The van der Waals surface area contributed by atoms with Gasteiger partial charge in [-0.2, -0.15) is 0 Å². The van der Waals surface area contributed by atoms with Crippen LogP contribution in [0.15, 0.2) is 42.5 Å². The molecular weight excluding hydrogens is 198 g/mol. The minimum absolute atomic E-state index is 0.0909. The molecule has 2 rings (SSSR count). The Hall–Kier alpha value is -1.83. The van der Waals surface area contributed by atoms with Gasteiger partial charge in [-0.05, 0) is 22.4 Å². The Balaban J connectivity index is 2.16. The van der Waals surface area contributed by atoms with Crippen LogP contribution < -0.4 is 5.32 Å². The molecule has 0 aliphatic rings. The van der Waals surface area contributed by atoms with Crippen molar-refractivity contribution in [2.75, 3.05) is 0 Å². The van der Waals surface area contributed by atoms with Crippen molar-refractivity contribution in [1.82, 2.24) is 5.32 Å². The van der Waals surface area contributed by atoms with E-state index < -0.39 is 0 Å². The summed E-state index contributed by atoms with van der Waals surface area (Å²) in [4.78, 5) is 11.1. The Bertz CT molecular complexity index is 505. The molecule has 1 N–H and O–H groups in total. The highest BCUT2D eigenvalue weighted by Crippen LogP contribution is 2.15. The van der Waals surface area contributed by atoms with Gasteiger partial charge in [0.05, 0.1) is 0 Å². The fourth-order valence-corrected chi connectivity index (χ4v) is 1.67. The number of carbonyl (C=O) groups excluding carboxylic acids is 1. The minimum Gasteiger partial charge on any atom is -0.352 e. The zero-order valence-corrected chi connectivity index (χ0v) is 9.36. The van der Waals surface area contributed by atoms with Gasteiger partial charge in [-0.3, -0.25) is 4.79 Å². The lowest BCUT2D eigenvalue weighted by atomic mass is 10.1. The van der Waals surface area contributed by atoms with Crippen LogP contribution in [0.1, 0.15) is 18.9 Å². The van der Waals surface area contributed by atoms with E-state index in [4.69, 9.17) is 0 Å². The Morgan fingerprint density at radius 2 is 1.88 bits per heavy atom. The molecule has 0 heterocycles. The number of benzene rings is 2. The molecule has 0 aliphatic carbocycles. The summed E-state index contributed by atoms with van der Waals surface area (Å²) < 4.78 is 0. The van der Waals surface area contributed by atoms with Crippen LogP contribution in [0.4, 0.5) is 0 Å². The van der Waals surface area contributed by atoms with Gasteiger partial charge in [0.15, 0.2) is 0 Å². The van der Waals surface area contributed by atoms with E-state index >= 15 is 0 Å². The van der Waals surface area contributed by atoms with Gasteiger partial charge >= 0.3 is 0 Å². The summed E-state index contributed by atoms with van der Waals surface area (Å²) in [6.07, 6.45) is 0.535. The minimum atomic E-state index is 0.0909. The SMILES string of the molecule is CCC(=O)NCc1ccc2ccccc2c1. The molecule has 0 spiro atoms. The standard InChI is InChI=1S/C14H15NO/c1-2-14(16)15-10-11-7-8-12-5-3-4-6-13(12)9-11/h3-9H,2,10H2,1H3,(H,15,16). The summed E-state index contributed by atoms with van der Waals surface area (Å²) in [6, 6.07) is 14.5. The zero-order valence-electron chi connectivity index (χ0n) is 9.36. The molecule has 0 radical (unpaired) electrons. The first-order valence-corrected chi connectivity index (χ1v) is 5.54. The van der Waals surface area contributed by atoms with Crippen LogP contribution in [0.2, 0.25) is 0 Å². The highest BCUT2D eigenvalue weighted by Gasteiger charge is 1.98. The van der Waals surface area contributed by atoms with Crippen LogP contribution in [0.3, 0.4) is 0 Å². The van der Waals surface area contributed by atoms with Gasteiger partial charge in [0, 0.05) is 13.0 Å². The molecule has 0 fully saturated rings. The third-order valence-electron chi connectivity index (χ3n) is 2.62. The van der Waals surface area contributed by atoms with Crippen molar-refractivity contribution in [2.24, 2.45) is 0 Å². The Labute approximate surface area is 95.3 Å². The second kappa shape index (κ2) is 4.79. The van der Waals surface area contributed by atoms with Crippen LogP contribution >= 0.6 is 0 Å². The summed E-state index contributed by atoms with van der Waals surface area (Å²) in [7, 11) is 0. The predicted molar refractivity (Wildman–Crippen MR) is 66.1 cm³/mol. The van der Waals surface area contributed by atoms with Gasteiger partial charge in [0.2, 0.25) is 5.91 Å². The molecular formula is C14H15NO. The molecule has 82 valence electrons. The Morgan fingerprint density at radius 3 is 2.62 bits per heavy atom. The molecule has 0 saturated carbocycles. The average molecular weight is 213 g/mol. The molecule has 16 heavy (non-hydrogen) atoms. The lowest BCUT2D eigenvalue weighted by Gasteiger charge is -2.05. The molecule has 2 aromatic rings. The largest absolute Gasteiger partial charge is 0.352 e. The molecule has 2 aromatic carbocycles. The average Bonchev–Trinajstić information content (AvgIpc) is 2.35. The third kappa shape index (κ3) is 2.40. The lowest BCUT2D eigenvalue weighted by Crippen LogP contribution is -2.21. The Kier molecular flexibility index (Phi) is 3.20. The molecule has 0 saturated heterocycles. The Morgan fingerprint density at radius 1 is 1.12 bits per heavy atom. The number of hydrogen-bond acceptors (Lipinski definition) is 1. The highest BCUT2D eigenvalue weighted by atomic mass is 16.1. The monoisotopic (exact) mass is 213 g/mol. The van der Waals surface area contributed by atoms with E-state index in [-0.39, 0.29) is 5.91 Å². The zero-order chi connectivity index (χ0) is 11.4. The van der Waals surface area contributed by atoms with Crippen molar-refractivity contribution < 1.29 is 4.79 Å². The van der Waals surface area contributed by atoms with Crippen molar-refractivity contribution >= 4 is 16.7 Å². The summed E-state index contributed by atoms with van der Waals surface area (Å²) in [5.41, 5.74) is 1.14. The van der Waals surface area contributed by atoms with E-state index in [1.54, 1.807) is 0 Å². The molecule has 0 bridgehead atoms. The second-order valence-corrected chi connectivity index (χ2v) is 3.81. The summed E-state index contributed by atoms with van der Waals surface area (Å²) in [6.45, 7) is 2.47.